The minimum Gasteiger partial charge on any atom is -0.367 e. The average molecular weight is 691 g/mol. The number of nitrogens with two attached hydrogens (primary N) is 2. The maximum Gasteiger partial charge on any atom is 0.246 e. The first-order chi connectivity index (χ1) is 23.4. The van der Waals surface area contributed by atoms with E-state index in [0.717, 1.165) is 10.5 Å². The maximum absolute atomic E-state index is 12.9. The Hall–Kier alpha value is -4.90. The molecule has 0 aliphatic rings. The number of carbonyl (C=O) groups is 8. The summed E-state index contributed by atoms with van der Waals surface area (Å²) in [7, 11) is 0. The molecule has 272 valence electrons. The third-order valence-electron chi connectivity index (χ3n) is 6.92. The third kappa shape index (κ3) is 19.5. The van der Waals surface area contributed by atoms with Crippen LogP contribution in [0.4, 0.5) is 0 Å². The molecule has 0 fully saturated rings. The molecule has 49 heavy (non-hydrogen) atoms. The normalized spacial score (nSPS) is 12.4. The predicted octanol–water partition coefficient (Wildman–Crippen LogP) is -1.91. The SMILES string of the molecule is CCCC(OCNC(=O)CNC(=O)C(Cc1ccccc1)NC(=O)CNC(=O)CNC(=O)CCCCCN(C=O)C(=O)CC(C)N)C(N)=O. The van der Waals surface area contributed by atoms with Gasteiger partial charge in [-0.15, -0.1) is 0 Å². The lowest BCUT2D eigenvalue weighted by Gasteiger charge is -2.19. The van der Waals surface area contributed by atoms with Crippen molar-refractivity contribution in [2.24, 2.45) is 11.5 Å². The largest absolute Gasteiger partial charge is 0.367 e. The third-order valence-corrected chi connectivity index (χ3v) is 6.92. The van der Waals surface area contributed by atoms with Crippen molar-refractivity contribution >= 4 is 47.8 Å². The number of nitrogens with one attached hydrogen (secondary N) is 5. The van der Waals surface area contributed by atoms with Crippen LogP contribution in [0.5, 0.6) is 0 Å². The predicted molar refractivity (Wildman–Crippen MR) is 178 cm³/mol. The highest BCUT2D eigenvalue weighted by Gasteiger charge is 2.22. The number of carbonyl (C=O) groups excluding carboxylic acids is 8. The molecule has 0 aromatic heterocycles. The summed E-state index contributed by atoms with van der Waals surface area (Å²) in [4.78, 5) is 97.6. The van der Waals surface area contributed by atoms with E-state index in [2.05, 4.69) is 26.6 Å². The molecule has 3 unspecified atom stereocenters. The monoisotopic (exact) mass is 690 g/mol. The van der Waals surface area contributed by atoms with Gasteiger partial charge >= 0.3 is 0 Å². The number of benzene rings is 1. The molecule has 0 saturated carbocycles. The number of rotatable bonds is 25. The Morgan fingerprint density at radius 2 is 1.49 bits per heavy atom. The van der Waals surface area contributed by atoms with E-state index in [-0.39, 0.29) is 56.9 Å². The van der Waals surface area contributed by atoms with E-state index in [1.807, 2.05) is 6.92 Å². The van der Waals surface area contributed by atoms with Gasteiger partial charge in [-0.2, -0.15) is 0 Å². The molecular formula is C32H50N8O9. The molecule has 8 amide bonds. The highest BCUT2D eigenvalue weighted by atomic mass is 16.5. The van der Waals surface area contributed by atoms with Gasteiger partial charge in [0.05, 0.1) is 19.6 Å². The van der Waals surface area contributed by atoms with Gasteiger partial charge in [0.25, 0.3) is 0 Å². The topological polar surface area (TPSA) is 261 Å². The standard InChI is InChI=1S/C32H50N8O9/c1-3-10-25(31(34)47)49-20-38-28(44)18-37-32(48)24(16-23-11-6-4-7-12-23)39-29(45)19-36-27(43)17-35-26(42)13-8-5-9-14-40(21-41)30(46)15-22(2)33/h4,6-7,11-12,21-22,24-25H,3,5,8-10,13-20,33H2,1-2H3,(H2,34,47)(H,35,42)(H,36,43)(H,37,48)(H,38,44)(H,39,45). The van der Waals surface area contributed by atoms with Crippen LogP contribution in [-0.4, -0.2) is 104 Å². The second-order valence-corrected chi connectivity index (χ2v) is 11.4. The van der Waals surface area contributed by atoms with Crippen LogP contribution in [0.2, 0.25) is 0 Å². The van der Waals surface area contributed by atoms with Crippen molar-refractivity contribution in [3.05, 3.63) is 35.9 Å². The first-order valence-corrected chi connectivity index (χ1v) is 16.2. The summed E-state index contributed by atoms with van der Waals surface area (Å²) in [5.41, 5.74) is 11.6. The van der Waals surface area contributed by atoms with E-state index in [0.29, 0.717) is 38.5 Å². The molecule has 0 heterocycles. The molecule has 17 nitrogen and oxygen atoms in total. The van der Waals surface area contributed by atoms with Gasteiger partial charge in [0.1, 0.15) is 18.9 Å². The summed E-state index contributed by atoms with van der Waals surface area (Å²) < 4.78 is 5.27. The van der Waals surface area contributed by atoms with E-state index in [4.69, 9.17) is 16.2 Å². The minimum absolute atomic E-state index is 0.0629. The zero-order valence-electron chi connectivity index (χ0n) is 28.2. The average Bonchev–Trinajstić information content (AvgIpc) is 3.06. The van der Waals surface area contributed by atoms with Crippen LogP contribution in [0, 0.1) is 0 Å². The van der Waals surface area contributed by atoms with Crippen molar-refractivity contribution in [2.45, 2.75) is 83.4 Å². The number of nitrogens with zero attached hydrogens (tertiary/aromatic N) is 1. The highest BCUT2D eigenvalue weighted by molar-refractivity contribution is 5.93. The molecule has 3 atom stereocenters. The Balaban J connectivity index is 2.47. The molecule has 1 aromatic rings. The zero-order chi connectivity index (χ0) is 36.6. The van der Waals surface area contributed by atoms with Crippen LogP contribution in [-0.2, 0) is 49.5 Å². The number of hydrogen-bond donors (Lipinski definition) is 7. The Morgan fingerprint density at radius 1 is 0.857 bits per heavy atom. The highest BCUT2D eigenvalue weighted by Crippen LogP contribution is 2.05. The molecule has 9 N–H and O–H groups in total. The van der Waals surface area contributed by atoms with Crippen molar-refractivity contribution in [1.29, 1.82) is 0 Å². The lowest BCUT2D eigenvalue weighted by molar-refractivity contribution is -0.138. The molecule has 0 aliphatic carbocycles. The summed E-state index contributed by atoms with van der Waals surface area (Å²) in [6, 6.07) is 7.40. The smallest absolute Gasteiger partial charge is 0.246 e. The molecule has 17 heteroatoms. The number of imide groups is 1. The van der Waals surface area contributed by atoms with Crippen molar-refractivity contribution in [1.82, 2.24) is 31.5 Å². The van der Waals surface area contributed by atoms with Crippen LogP contribution < -0.4 is 38.1 Å². The Morgan fingerprint density at radius 3 is 2.12 bits per heavy atom. The van der Waals surface area contributed by atoms with E-state index in [9.17, 15) is 38.4 Å². The van der Waals surface area contributed by atoms with E-state index < -0.39 is 54.8 Å². The Bertz CT molecular complexity index is 1250. The molecule has 0 saturated heterocycles. The second kappa shape index (κ2) is 24.3. The van der Waals surface area contributed by atoms with Crippen molar-refractivity contribution in [2.75, 3.05) is 32.9 Å². The Labute approximate surface area is 286 Å². The van der Waals surface area contributed by atoms with Crippen LogP contribution in [0.3, 0.4) is 0 Å². The van der Waals surface area contributed by atoms with Crippen molar-refractivity contribution in [3.63, 3.8) is 0 Å². The van der Waals surface area contributed by atoms with E-state index in [1.165, 1.54) is 0 Å². The molecule has 0 radical (unpaired) electrons. The zero-order valence-corrected chi connectivity index (χ0v) is 28.2. The lowest BCUT2D eigenvalue weighted by Crippen LogP contribution is -2.52. The van der Waals surface area contributed by atoms with Gasteiger partial charge < -0.3 is 42.8 Å². The molecule has 1 rings (SSSR count). The van der Waals surface area contributed by atoms with Crippen LogP contribution >= 0.6 is 0 Å². The number of primary amides is 1. The van der Waals surface area contributed by atoms with Gasteiger partial charge in [-0.1, -0.05) is 50.1 Å². The summed E-state index contributed by atoms with van der Waals surface area (Å²) >= 11 is 0. The van der Waals surface area contributed by atoms with Crippen LogP contribution in [0.25, 0.3) is 0 Å². The van der Waals surface area contributed by atoms with Crippen LogP contribution in [0.15, 0.2) is 30.3 Å². The Kier molecular flexibility index (Phi) is 20.9. The van der Waals surface area contributed by atoms with Gasteiger partial charge in [-0.3, -0.25) is 43.3 Å². The fourth-order valence-electron chi connectivity index (χ4n) is 4.33. The molecular weight excluding hydrogens is 640 g/mol. The molecule has 0 spiro atoms. The summed E-state index contributed by atoms with van der Waals surface area (Å²) in [6.07, 6.45) is 2.50. The van der Waals surface area contributed by atoms with Gasteiger partial charge in [0.15, 0.2) is 0 Å². The molecule has 1 aromatic carbocycles. The fraction of sp³-hybridized carbons (Fsp3) is 0.562. The summed E-state index contributed by atoms with van der Waals surface area (Å²) in [6.45, 7) is 2.18. The lowest BCUT2D eigenvalue weighted by atomic mass is 10.1. The van der Waals surface area contributed by atoms with Gasteiger partial charge in [0, 0.05) is 31.8 Å². The maximum atomic E-state index is 12.9. The first-order valence-electron chi connectivity index (χ1n) is 16.2. The van der Waals surface area contributed by atoms with Gasteiger partial charge in [-0.05, 0) is 31.7 Å². The summed E-state index contributed by atoms with van der Waals surface area (Å²) in [5.74, 6) is -3.94. The van der Waals surface area contributed by atoms with E-state index in [1.54, 1.807) is 37.3 Å². The number of ether oxygens (including phenoxy) is 1. The van der Waals surface area contributed by atoms with Crippen LogP contribution in [0.1, 0.15) is 64.4 Å². The van der Waals surface area contributed by atoms with Crippen molar-refractivity contribution < 1.29 is 43.1 Å². The first kappa shape index (κ1) is 42.1. The molecule has 0 aliphatic heterocycles. The second-order valence-electron chi connectivity index (χ2n) is 11.4. The van der Waals surface area contributed by atoms with Gasteiger partial charge in [-0.25, -0.2) is 0 Å². The summed E-state index contributed by atoms with van der Waals surface area (Å²) in [5, 5.41) is 12.3. The molecule has 0 bridgehead atoms. The fourth-order valence-corrected chi connectivity index (χ4v) is 4.33. The number of hydrogen-bond acceptors (Lipinski definition) is 10. The van der Waals surface area contributed by atoms with Crippen molar-refractivity contribution in [3.8, 4) is 0 Å². The number of unbranched alkanes of at least 4 members (excludes halogenated alkanes) is 2. The van der Waals surface area contributed by atoms with E-state index >= 15 is 0 Å². The quantitative estimate of drug-likeness (QED) is 0.0340. The number of amides is 8. The van der Waals surface area contributed by atoms with Gasteiger partial charge in [0.2, 0.25) is 47.8 Å². The minimum atomic E-state index is -1.08.